The van der Waals surface area contributed by atoms with E-state index in [9.17, 15) is 9.59 Å². The van der Waals surface area contributed by atoms with Crippen LogP contribution in [0.4, 0.5) is 0 Å². The van der Waals surface area contributed by atoms with Crippen LogP contribution in [0, 0.1) is 5.41 Å². The Labute approximate surface area is 306 Å². The van der Waals surface area contributed by atoms with Crippen LogP contribution in [0.15, 0.2) is 48.5 Å². The molecule has 0 spiro atoms. The molecule has 0 bridgehead atoms. The molecule has 1 aliphatic carbocycles. The number of aryl methyl sites for hydroxylation is 2. The molecule has 0 atom stereocenters. The van der Waals surface area contributed by atoms with Crippen molar-refractivity contribution in [3.63, 3.8) is 0 Å². The fraction of sp³-hybridized carbons (Fsp3) is 0.682. The van der Waals surface area contributed by atoms with Crippen LogP contribution in [-0.4, -0.2) is 31.2 Å². The first kappa shape index (κ1) is 43.5. The van der Waals surface area contributed by atoms with Crippen molar-refractivity contribution in [1.82, 2.24) is 5.32 Å². The summed E-state index contributed by atoms with van der Waals surface area (Å²) in [6, 6.07) is 17.7. The summed E-state index contributed by atoms with van der Waals surface area (Å²) in [6.07, 6.45) is 25.2. The van der Waals surface area contributed by atoms with Crippen molar-refractivity contribution in [1.29, 1.82) is 0 Å². The summed E-state index contributed by atoms with van der Waals surface area (Å²) in [5.74, 6) is -0.913. The summed E-state index contributed by atoms with van der Waals surface area (Å²) in [5.41, 5.74) is 9.75. The predicted molar refractivity (Wildman–Crippen MR) is 209 cm³/mol. The topological polar surface area (TPSA) is 90.6 Å². The van der Waals surface area contributed by atoms with E-state index in [1.165, 1.54) is 131 Å². The molecule has 50 heavy (non-hydrogen) atoms. The number of hydrogen-bond acceptors (Lipinski definition) is 6. The second-order valence-electron chi connectivity index (χ2n) is 14.3. The van der Waals surface area contributed by atoms with Crippen LogP contribution < -0.4 is 11.1 Å². The van der Waals surface area contributed by atoms with E-state index >= 15 is 0 Å². The Morgan fingerprint density at radius 3 is 1.32 bits per heavy atom. The molecular formula is C44H72N2O4. The molecule has 3 rings (SSSR count). The molecule has 6 nitrogen and oxygen atoms in total. The van der Waals surface area contributed by atoms with Crippen molar-refractivity contribution < 1.29 is 19.1 Å². The number of carbonyl (C=O) groups is 2. The molecule has 0 saturated heterocycles. The van der Waals surface area contributed by atoms with Crippen LogP contribution in [0.2, 0.25) is 0 Å². The predicted octanol–water partition coefficient (Wildman–Crippen LogP) is 10.6. The minimum atomic E-state index is -1.14. The molecule has 1 saturated carbocycles. The van der Waals surface area contributed by atoms with Gasteiger partial charge in [0.2, 0.25) is 0 Å². The highest BCUT2D eigenvalue weighted by Gasteiger charge is 2.58. The van der Waals surface area contributed by atoms with Crippen molar-refractivity contribution in [2.75, 3.05) is 13.2 Å². The van der Waals surface area contributed by atoms with Gasteiger partial charge in [-0.05, 0) is 74.6 Å². The zero-order chi connectivity index (χ0) is 36.3. The van der Waals surface area contributed by atoms with Crippen LogP contribution in [0.3, 0.4) is 0 Å². The number of benzene rings is 2. The van der Waals surface area contributed by atoms with Gasteiger partial charge in [0.1, 0.15) is 0 Å². The van der Waals surface area contributed by atoms with E-state index in [0.29, 0.717) is 19.4 Å². The lowest BCUT2D eigenvalue weighted by Gasteiger charge is -2.43. The van der Waals surface area contributed by atoms with Crippen LogP contribution >= 0.6 is 0 Å². The second-order valence-corrected chi connectivity index (χ2v) is 14.3. The first-order valence-electron chi connectivity index (χ1n) is 20.4. The molecule has 0 radical (unpaired) electrons. The normalized spacial score (nSPS) is 13.6. The Hall–Kier alpha value is -2.70. The first-order chi connectivity index (χ1) is 24.4. The lowest BCUT2D eigenvalue weighted by Crippen LogP contribution is -2.58. The first-order valence-corrected chi connectivity index (χ1v) is 20.4. The van der Waals surface area contributed by atoms with E-state index in [1.54, 1.807) is 13.8 Å². The molecule has 2 aromatic carbocycles. The minimum Gasteiger partial charge on any atom is -0.465 e. The molecule has 0 amide bonds. The second kappa shape index (κ2) is 27.0. The highest BCUT2D eigenvalue weighted by atomic mass is 16.6. The summed E-state index contributed by atoms with van der Waals surface area (Å²) in [4.78, 5) is 24.7. The van der Waals surface area contributed by atoms with Crippen LogP contribution in [0.5, 0.6) is 0 Å². The molecule has 1 aliphatic rings. The van der Waals surface area contributed by atoms with Crippen LogP contribution in [0.1, 0.15) is 166 Å². The molecule has 282 valence electrons. The van der Waals surface area contributed by atoms with Gasteiger partial charge in [-0.25, -0.2) is 0 Å². The van der Waals surface area contributed by atoms with E-state index in [1.807, 2.05) is 0 Å². The Bertz CT molecular complexity index is 1120. The molecule has 0 heterocycles. The number of nitrogens with two attached hydrogens (primary N) is 1. The number of hydrogen-bond donors (Lipinski definition) is 2. The van der Waals surface area contributed by atoms with E-state index in [-0.39, 0.29) is 19.3 Å². The van der Waals surface area contributed by atoms with Crippen molar-refractivity contribution in [3.05, 3.63) is 70.8 Å². The standard InChI is InChI=1S/C27H43NO4.C17H29N/c1-4-7-8-9-10-11-12-13-14-22-15-17-23(18-16-22)21-28-24-19-27(20-24,25(29)31-5-2)26(30)32-6-3;1-2-3-4-5-6-7-8-9-10-16-11-13-17(15-18)14-12-16/h15-18,24,28H,4-14,19-21H2,1-3H3;11-14H,2-10,15,18H2,1H3. The van der Waals surface area contributed by atoms with Crippen LogP contribution in [0.25, 0.3) is 0 Å². The van der Waals surface area contributed by atoms with Gasteiger partial charge >= 0.3 is 11.9 Å². The highest BCUT2D eigenvalue weighted by Crippen LogP contribution is 2.43. The Morgan fingerprint density at radius 2 is 0.940 bits per heavy atom. The largest absolute Gasteiger partial charge is 0.465 e. The number of unbranched alkanes of at least 4 members (excludes halogenated alkanes) is 14. The number of nitrogens with one attached hydrogen (secondary N) is 1. The van der Waals surface area contributed by atoms with Crippen molar-refractivity contribution in [2.45, 2.75) is 175 Å². The van der Waals surface area contributed by atoms with Gasteiger partial charge in [-0.3, -0.25) is 9.59 Å². The van der Waals surface area contributed by atoms with Gasteiger partial charge in [0.25, 0.3) is 0 Å². The summed E-state index contributed by atoms with van der Waals surface area (Å²) >= 11 is 0. The molecule has 2 aromatic rings. The minimum absolute atomic E-state index is 0.112. The summed E-state index contributed by atoms with van der Waals surface area (Å²) in [6.45, 7) is 9.95. The SMILES string of the molecule is CCCCCCCCCCc1ccc(CN)cc1.CCCCCCCCCCc1ccc(CNC2CC(C(=O)OCC)(C(=O)OCC)C2)cc1. The zero-order valence-corrected chi connectivity index (χ0v) is 32.4. The molecule has 0 aromatic heterocycles. The third-order valence-corrected chi connectivity index (χ3v) is 10.0. The summed E-state index contributed by atoms with van der Waals surface area (Å²) < 4.78 is 10.3. The van der Waals surface area contributed by atoms with E-state index in [0.717, 1.165) is 13.0 Å². The number of carbonyl (C=O) groups excluding carboxylic acids is 2. The average Bonchev–Trinajstić information content (AvgIpc) is 3.11. The lowest BCUT2D eigenvalue weighted by molar-refractivity contribution is -0.181. The van der Waals surface area contributed by atoms with Gasteiger partial charge in [0, 0.05) is 19.1 Å². The maximum Gasteiger partial charge on any atom is 0.323 e. The maximum absolute atomic E-state index is 12.4. The van der Waals surface area contributed by atoms with E-state index in [4.69, 9.17) is 15.2 Å². The summed E-state index contributed by atoms with van der Waals surface area (Å²) in [7, 11) is 0. The molecule has 1 fully saturated rings. The fourth-order valence-corrected chi connectivity index (χ4v) is 6.73. The zero-order valence-electron chi connectivity index (χ0n) is 32.4. The van der Waals surface area contributed by atoms with Gasteiger partial charge in [0.15, 0.2) is 5.41 Å². The number of ether oxygens (including phenoxy) is 2. The molecule has 0 unspecified atom stereocenters. The average molecular weight is 693 g/mol. The molecular weight excluding hydrogens is 620 g/mol. The molecule has 6 heteroatoms. The Morgan fingerprint density at radius 1 is 0.580 bits per heavy atom. The molecule has 0 aliphatic heterocycles. The summed E-state index contributed by atoms with van der Waals surface area (Å²) in [5, 5.41) is 3.47. The van der Waals surface area contributed by atoms with Gasteiger partial charge in [0.05, 0.1) is 13.2 Å². The Balaban J connectivity index is 0.000000407. The monoisotopic (exact) mass is 693 g/mol. The van der Waals surface area contributed by atoms with Gasteiger partial charge in [-0.1, -0.05) is 152 Å². The third kappa shape index (κ3) is 17.0. The van der Waals surface area contributed by atoms with Crippen molar-refractivity contribution in [3.8, 4) is 0 Å². The fourth-order valence-electron chi connectivity index (χ4n) is 6.73. The van der Waals surface area contributed by atoms with E-state index in [2.05, 4.69) is 67.7 Å². The molecule has 3 N–H and O–H groups in total. The van der Waals surface area contributed by atoms with Crippen molar-refractivity contribution >= 4 is 11.9 Å². The lowest BCUT2D eigenvalue weighted by atomic mass is 9.65. The van der Waals surface area contributed by atoms with E-state index < -0.39 is 17.4 Å². The maximum atomic E-state index is 12.4. The van der Waals surface area contributed by atoms with Crippen LogP contribution in [-0.2, 0) is 45.0 Å². The van der Waals surface area contributed by atoms with Gasteiger partial charge in [-0.2, -0.15) is 0 Å². The number of rotatable bonds is 26. The number of esters is 2. The third-order valence-electron chi connectivity index (χ3n) is 10.0. The van der Waals surface area contributed by atoms with Gasteiger partial charge in [-0.15, -0.1) is 0 Å². The van der Waals surface area contributed by atoms with Gasteiger partial charge < -0.3 is 20.5 Å². The Kier molecular flexibility index (Phi) is 23.5. The highest BCUT2D eigenvalue weighted by molar-refractivity contribution is 6.01. The quantitative estimate of drug-likeness (QED) is 0.0579. The smallest absolute Gasteiger partial charge is 0.323 e. The van der Waals surface area contributed by atoms with Crippen molar-refractivity contribution in [2.24, 2.45) is 11.1 Å².